The minimum Gasteiger partial charge on any atom is -0.346 e. The molecule has 100 valence electrons. The predicted molar refractivity (Wildman–Crippen MR) is 65.9 cm³/mol. The molecule has 1 N–H and O–H groups in total. The molecule has 0 spiro atoms. The molecule has 6 heteroatoms. The molecule has 0 saturated carbocycles. The van der Waals surface area contributed by atoms with Crippen molar-refractivity contribution in [2.24, 2.45) is 5.92 Å². The van der Waals surface area contributed by atoms with Crippen molar-refractivity contribution in [3.05, 3.63) is 53.6 Å². The molecule has 1 aliphatic carbocycles. The predicted octanol–water partition coefficient (Wildman–Crippen LogP) is 3.52. The van der Waals surface area contributed by atoms with Gasteiger partial charge in [0.1, 0.15) is 11.9 Å². The Bertz CT molecular complexity index is 667. The van der Waals surface area contributed by atoms with Gasteiger partial charge in [-0.25, -0.2) is 13.2 Å². The van der Waals surface area contributed by atoms with Crippen molar-refractivity contribution in [1.29, 1.82) is 10.5 Å². The van der Waals surface area contributed by atoms with Crippen molar-refractivity contribution in [2.45, 2.75) is 5.79 Å². The van der Waals surface area contributed by atoms with E-state index in [-0.39, 0.29) is 5.69 Å². The summed E-state index contributed by atoms with van der Waals surface area (Å²) in [7, 11) is 0. The molecule has 2 atom stereocenters. The lowest BCUT2D eigenvalue weighted by Gasteiger charge is -2.31. The van der Waals surface area contributed by atoms with Gasteiger partial charge in [-0.15, -0.1) is 0 Å². The van der Waals surface area contributed by atoms with Crippen LogP contribution in [-0.2, 0) is 0 Å². The first-order valence-corrected chi connectivity index (χ1v) is 5.62. The zero-order chi connectivity index (χ0) is 14.8. The highest BCUT2D eigenvalue weighted by Gasteiger charge is 2.50. The summed E-state index contributed by atoms with van der Waals surface area (Å²) in [5, 5.41) is 19.7. The molecule has 0 bridgehead atoms. The number of alkyl halides is 1. The standard InChI is InChI=1S/C14H8F3N3/c15-12-6-9(7-18)13(16)11(8-19)14(12,17)20-10-4-2-1-3-5-10/h1-6,11,20H. The van der Waals surface area contributed by atoms with Crippen LogP contribution in [0.5, 0.6) is 0 Å². The smallest absolute Gasteiger partial charge is 0.254 e. The Morgan fingerprint density at radius 2 is 1.80 bits per heavy atom. The molecule has 2 unspecified atom stereocenters. The first kappa shape index (κ1) is 13.7. The van der Waals surface area contributed by atoms with Crippen molar-refractivity contribution >= 4 is 5.69 Å². The summed E-state index contributed by atoms with van der Waals surface area (Å²) in [5.74, 6) is -7.81. The summed E-state index contributed by atoms with van der Waals surface area (Å²) >= 11 is 0. The van der Waals surface area contributed by atoms with Gasteiger partial charge in [-0.3, -0.25) is 0 Å². The van der Waals surface area contributed by atoms with Crippen LogP contribution >= 0.6 is 0 Å². The highest BCUT2D eigenvalue weighted by Crippen LogP contribution is 2.42. The van der Waals surface area contributed by atoms with Crippen LogP contribution in [0.3, 0.4) is 0 Å². The fourth-order valence-corrected chi connectivity index (χ4v) is 1.86. The van der Waals surface area contributed by atoms with Gasteiger partial charge >= 0.3 is 0 Å². The quantitative estimate of drug-likeness (QED) is 0.840. The van der Waals surface area contributed by atoms with Crippen LogP contribution in [0.25, 0.3) is 0 Å². The zero-order valence-electron chi connectivity index (χ0n) is 10.1. The largest absolute Gasteiger partial charge is 0.346 e. The molecule has 3 nitrogen and oxygen atoms in total. The number of nitriles is 2. The highest BCUT2D eigenvalue weighted by molar-refractivity contribution is 5.53. The molecule has 1 aliphatic rings. The van der Waals surface area contributed by atoms with Crippen LogP contribution in [0.15, 0.2) is 53.6 Å². The number of anilines is 1. The van der Waals surface area contributed by atoms with Crippen molar-refractivity contribution in [2.75, 3.05) is 5.32 Å². The second kappa shape index (κ2) is 5.10. The van der Waals surface area contributed by atoms with Gasteiger partial charge in [0.2, 0.25) is 0 Å². The van der Waals surface area contributed by atoms with Crippen LogP contribution in [0, 0.1) is 28.6 Å². The lowest BCUT2D eigenvalue weighted by Crippen LogP contribution is -2.44. The number of allylic oxidation sites excluding steroid dienone is 2. The van der Waals surface area contributed by atoms with Crippen molar-refractivity contribution in [1.82, 2.24) is 0 Å². The molecule has 0 radical (unpaired) electrons. The van der Waals surface area contributed by atoms with E-state index in [2.05, 4.69) is 5.32 Å². The van der Waals surface area contributed by atoms with Gasteiger partial charge in [-0.05, 0) is 18.2 Å². The third kappa shape index (κ3) is 2.12. The minimum absolute atomic E-state index is 0.187. The Labute approximate surface area is 113 Å². The highest BCUT2D eigenvalue weighted by atomic mass is 19.2. The molecule has 20 heavy (non-hydrogen) atoms. The average molecular weight is 275 g/mol. The first-order valence-electron chi connectivity index (χ1n) is 5.62. The zero-order valence-corrected chi connectivity index (χ0v) is 10.1. The lowest BCUT2D eigenvalue weighted by atomic mass is 9.88. The van der Waals surface area contributed by atoms with E-state index in [4.69, 9.17) is 10.5 Å². The summed E-state index contributed by atoms with van der Waals surface area (Å²) in [5.41, 5.74) is -0.496. The normalized spacial score (nSPS) is 25.4. The van der Waals surface area contributed by atoms with E-state index in [1.54, 1.807) is 18.2 Å². The van der Waals surface area contributed by atoms with Crippen LogP contribution in [0.4, 0.5) is 18.9 Å². The number of hydrogen-bond acceptors (Lipinski definition) is 3. The van der Waals surface area contributed by atoms with E-state index in [0.29, 0.717) is 6.08 Å². The van der Waals surface area contributed by atoms with Gasteiger partial charge in [-0.2, -0.15) is 10.5 Å². The van der Waals surface area contributed by atoms with Gasteiger partial charge < -0.3 is 5.32 Å². The second-order valence-corrected chi connectivity index (χ2v) is 4.13. The van der Waals surface area contributed by atoms with E-state index in [1.165, 1.54) is 24.3 Å². The van der Waals surface area contributed by atoms with Crippen molar-refractivity contribution < 1.29 is 13.2 Å². The van der Waals surface area contributed by atoms with Crippen LogP contribution in [-0.4, -0.2) is 5.79 Å². The first-order chi connectivity index (χ1) is 9.52. The maximum atomic E-state index is 14.7. The molecule has 1 aromatic carbocycles. The fraction of sp³-hybridized carbons (Fsp3) is 0.143. The monoisotopic (exact) mass is 275 g/mol. The number of nitrogens with zero attached hydrogens (tertiary/aromatic N) is 2. The maximum Gasteiger partial charge on any atom is 0.254 e. The fourth-order valence-electron chi connectivity index (χ4n) is 1.86. The summed E-state index contributed by atoms with van der Waals surface area (Å²) in [6, 6.07) is 10.5. The number of rotatable bonds is 2. The summed E-state index contributed by atoms with van der Waals surface area (Å²) < 4.78 is 42.4. The molecule has 0 aliphatic heterocycles. The van der Waals surface area contributed by atoms with Gasteiger partial charge in [0, 0.05) is 5.69 Å². The van der Waals surface area contributed by atoms with E-state index in [1.807, 2.05) is 0 Å². The molecule has 0 heterocycles. The maximum absolute atomic E-state index is 14.7. The molecule has 0 saturated heterocycles. The van der Waals surface area contributed by atoms with Gasteiger partial charge in [-0.1, -0.05) is 18.2 Å². The lowest BCUT2D eigenvalue weighted by molar-refractivity contribution is 0.155. The van der Waals surface area contributed by atoms with Gasteiger partial charge in [0.25, 0.3) is 5.79 Å². The third-order valence-electron chi connectivity index (χ3n) is 2.88. The summed E-state index contributed by atoms with van der Waals surface area (Å²) in [4.78, 5) is 0. The van der Waals surface area contributed by atoms with Crippen molar-refractivity contribution in [3.8, 4) is 12.1 Å². The average Bonchev–Trinajstić information content (AvgIpc) is 2.44. The summed E-state index contributed by atoms with van der Waals surface area (Å²) in [6.45, 7) is 0. The van der Waals surface area contributed by atoms with E-state index in [0.717, 1.165) is 0 Å². The minimum atomic E-state index is -3.04. The molecule has 0 aromatic heterocycles. The molecular formula is C14H8F3N3. The van der Waals surface area contributed by atoms with Crippen molar-refractivity contribution in [3.63, 3.8) is 0 Å². The number of nitrogens with one attached hydrogen (secondary N) is 1. The topological polar surface area (TPSA) is 59.6 Å². The molecule has 1 aromatic rings. The number of benzene rings is 1. The van der Waals surface area contributed by atoms with Gasteiger partial charge in [0.05, 0.1) is 11.6 Å². The third-order valence-corrected chi connectivity index (χ3v) is 2.88. The van der Waals surface area contributed by atoms with Crippen LogP contribution in [0.1, 0.15) is 0 Å². The second-order valence-electron chi connectivity index (χ2n) is 4.13. The Morgan fingerprint density at radius 1 is 1.15 bits per heavy atom. The Balaban J connectivity index is 2.46. The number of halogens is 3. The Hall–Kier alpha value is -2.73. The number of hydrogen-bond donors (Lipinski definition) is 1. The Morgan fingerprint density at radius 3 is 2.35 bits per heavy atom. The van der Waals surface area contributed by atoms with Crippen LogP contribution < -0.4 is 5.32 Å². The van der Waals surface area contributed by atoms with E-state index in [9.17, 15) is 13.2 Å². The molecule has 0 fully saturated rings. The Kier molecular flexibility index (Phi) is 3.49. The van der Waals surface area contributed by atoms with Crippen LogP contribution in [0.2, 0.25) is 0 Å². The molecular weight excluding hydrogens is 267 g/mol. The van der Waals surface area contributed by atoms with E-state index >= 15 is 0 Å². The summed E-state index contributed by atoms with van der Waals surface area (Å²) in [6.07, 6.45) is 0.457. The molecule has 2 rings (SSSR count). The number of para-hydroxylation sites is 1. The van der Waals surface area contributed by atoms with Gasteiger partial charge in [0.15, 0.2) is 11.7 Å². The molecule has 0 amide bonds. The SMILES string of the molecule is N#CC1=C(F)C(C#N)C(F)(Nc2ccccc2)C(F)=C1. The van der Waals surface area contributed by atoms with E-state index < -0.39 is 28.9 Å².